The van der Waals surface area contributed by atoms with Crippen LogP contribution in [0, 0.1) is 0 Å². The zero-order chi connectivity index (χ0) is 43.7. The highest BCUT2D eigenvalue weighted by atomic mass is 31.2. The number of phosphoric acid groups is 1. The maximum atomic E-state index is 12.6. The average Bonchev–Trinajstić information content (AvgIpc) is 3.21. The van der Waals surface area contributed by atoms with E-state index >= 15 is 0 Å². The average molecular weight is 844 g/mol. The maximum absolute atomic E-state index is 12.6. The fourth-order valence-electron chi connectivity index (χ4n) is 4.57. The predicted molar refractivity (Wildman–Crippen MR) is 236 cm³/mol. The van der Waals surface area contributed by atoms with Gasteiger partial charge in [-0.2, -0.15) is 0 Å². The number of ether oxygens (including phenoxy) is 2. The fraction of sp³-hybridized carbons (Fsp3) is 0.500. The summed E-state index contributed by atoms with van der Waals surface area (Å²) in [5, 5.41) is 19.2. The van der Waals surface area contributed by atoms with Crippen molar-refractivity contribution in [2.45, 2.75) is 128 Å². The highest BCUT2D eigenvalue weighted by Gasteiger charge is 2.28. The van der Waals surface area contributed by atoms with Crippen LogP contribution in [0.1, 0.15) is 110 Å². The number of aliphatic carboxylic acids is 1. The monoisotopic (exact) mass is 843 g/mol. The number of carboxylic acid groups (broad SMARTS) is 1. The van der Waals surface area contributed by atoms with Crippen molar-refractivity contribution in [3.63, 3.8) is 0 Å². The second-order valence-electron chi connectivity index (χ2n) is 13.2. The van der Waals surface area contributed by atoms with Gasteiger partial charge >= 0.3 is 25.7 Å². The van der Waals surface area contributed by atoms with Crippen LogP contribution in [0.3, 0.4) is 0 Å². The number of carboxylic acids is 1. The van der Waals surface area contributed by atoms with Gasteiger partial charge in [0.15, 0.2) is 6.10 Å². The molecule has 0 aliphatic heterocycles. The van der Waals surface area contributed by atoms with Gasteiger partial charge in [0.25, 0.3) is 0 Å². The molecule has 0 heterocycles. The number of rotatable bonds is 36. The topological polar surface area (TPSA) is 192 Å². The van der Waals surface area contributed by atoms with Crippen LogP contribution in [0.2, 0.25) is 0 Å². The van der Waals surface area contributed by atoms with Gasteiger partial charge in [-0.05, 0) is 83.5 Å². The Labute approximate surface area is 352 Å². The highest BCUT2D eigenvalue weighted by molar-refractivity contribution is 7.47. The molecule has 0 aromatic carbocycles. The van der Waals surface area contributed by atoms with Gasteiger partial charge in [-0.3, -0.25) is 23.4 Å². The molecular weight excluding hydrogens is 773 g/mol. The largest absolute Gasteiger partial charge is 0.480 e. The lowest BCUT2D eigenvalue weighted by Crippen LogP contribution is -2.34. The van der Waals surface area contributed by atoms with Crippen molar-refractivity contribution in [1.82, 2.24) is 0 Å². The Morgan fingerprint density at radius 2 is 1.08 bits per heavy atom. The number of allylic oxidation sites excluding steroid dienone is 19. The van der Waals surface area contributed by atoms with Gasteiger partial charge < -0.3 is 30.3 Å². The molecule has 2 unspecified atom stereocenters. The molecule has 0 radical (unpaired) electrons. The number of nitrogens with two attached hydrogens (primary N) is 1. The molecule has 5 N–H and O–H groups in total. The van der Waals surface area contributed by atoms with Gasteiger partial charge in [-0.15, -0.1) is 0 Å². The Kier molecular flexibility index (Phi) is 36.5. The van der Waals surface area contributed by atoms with Crippen molar-refractivity contribution in [2.75, 3.05) is 19.8 Å². The summed E-state index contributed by atoms with van der Waals surface area (Å²) in [7, 11) is -4.80. The minimum absolute atomic E-state index is 0.0291. The number of esters is 2. The van der Waals surface area contributed by atoms with E-state index in [1.807, 2.05) is 12.2 Å². The maximum Gasteiger partial charge on any atom is 0.472 e. The van der Waals surface area contributed by atoms with Gasteiger partial charge in [0, 0.05) is 12.8 Å². The van der Waals surface area contributed by atoms with E-state index < -0.39 is 63.8 Å². The van der Waals surface area contributed by atoms with E-state index in [1.165, 1.54) is 6.08 Å². The molecule has 0 spiro atoms. The van der Waals surface area contributed by atoms with Crippen LogP contribution in [-0.4, -0.2) is 71.1 Å². The number of phosphoric ester groups is 1. The summed E-state index contributed by atoms with van der Waals surface area (Å²) < 4.78 is 32.4. The van der Waals surface area contributed by atoms with Crippen LogP contribution in [-0.2, 0) is 37.5 Å². The van der Waals surface area contributed by atoms with Crippen molar-refractivity contribution < 1.29 is 52.6 Å². The molecule has 12 nitrogen and oxygen atoms in total. The molecule has 0 fully saturated rings. The molecule has 0 bridgehead atoms. The molecule has 59 heavy (non-hydrogen) atoms. The third kappa shape index (κ3) is 39.1. The summed E-state index contributed by atoms with van der Waals surface area (Å²) in [5.74, 6) is -2.77. The number of aliphatic hydroxyl groups is 1. The molecule has 13 heteroatoms. The normalized spacial score (nSPS) is 15.5. The Morgan fingerprint density at radius 1 is 0.610 bits per heavy atom. The first-order chi connectivity index (χ1) is 28.5. The smallest absolute Gasteiger partial charge is 0.472 e. The lowest BCUT2D eigenvalue weighted by molar-refractivity contribution is -0.161. The minimum Gasteiger partial charge on any atom is -0.480 e. The molecule has 0 aliphatic rings. The van der Waals surface area contributed by atoms with Gasteiger partial charge in [0.05, 0.1) is 19.3 Å². The van der Waals surface area contributed by atoms with Crippen LogP contribution >= 0.6 is 7.82 Å². The van der Waals surface area contributed by atoms with E-state index in [0.717, 1.165) is 70.6 Å². The number of aliphatic hydroxyl groups excluding tert-OH is 1. The molecule has 0 saturated heterocycles. The summed E-state index contributed by atoms with van der Waals surface area (Å²) >= 11 is 0. The summed E-state index contributed by atoms with van der Waals surface area (Å²) in [4.78, 5) is 45.9. The Balaban J connectivity index is 4.74. The van der Waals surface area contributed by atoms with Crippen molar-refractivity contribution in [3.05, 3.63) is 122 Å². The summed E-state index contributed by atoms with van der Waals surface area (Å²) in [6.45, 7) is 2.25. The molecule has 0 amide bonds. The van der Waals surface area contributed by atoms with Crippen molar-refractivity contribution in [2.24, 2.45) is 5.73 Å². The Morgan fingerprint density at radius 3 is 1.59 bits per heavy atom. The van der Waals surface area contributed by atoms with Crippen LogP contribution in [0.4, 0.5) is 0 Å². The lowest BCUT2D eigenvalue weighted by atomic mass is 10.2. The summed E-state index contributed by atoms with van der Waals surface area (Å²) in [5.41, 5.74) is 5.31. The number of carbonyl (C=O) groups excluding carboxylic acids is 2. The highest BCUT2D eigenvalue weighted by Crippen LogP contribution is 2.43. The van der Waals surface area contributed by atoms with Crippen molar-refractivity contribution >= 4 is 25.7 Å². The zero-order valence-corrected chi connectivity index (χ0v) is 36.0. The van der Waals surface area contributed by atoms with E-state index in [1.54, 1.807) is 12.2 Å². The Bertz CT molecular complexity index is 1470. The van der Waals surface area contributed by atoms with Crippen LogP contribution < -0.4 is 5.73 Å². The van der Waals surface area contributed by atoms with E-state index in [0.29, 0.717) is 6.42 Å². The Hall–Kier alpha value is -4.16. The van der Waals surface area contributed by atoms with E-state index in [2.05, 4.69) is 110 Å². The summed E-state index contributed by atoms with van der Waals surface area (Å²) in [6.07, 6.45) is 48.9. The van der Waals surface area contributed by atoms with E-state index in [4.69, 9.17) is 24.8 Å². The van der Waals surface area contributed by atoms with Gasteiger partial charge in [-0.25, -0.2) is 4.57 Å². The number of carbonyl (C=O) groups is 3. The summed E-state index contributed by atoms with van der Waals surface area (Å²) in [6, 6.07) is -1.57. The number of hydrogen-bond donors (Lipinski definition) is 4. The molecule has 0 aromatic heterocycles. The number of unbranched alkanes of at least 4 members (excludes halogenated alkanes) is 2. The molecule has 0 saturated carbocycles. The molecule has 4 atom stereocenters. The minimum atomic E-state index is -4.80. The quantitative estimate of drug-likeness (QED) is 0.0154. The lowest BCUT2D eigenvalue weighted by Gasteiger charge is -2.20. The van der Waals surface area contributed by atoms with Crippen LogP contribution in [0.15, 0.2) is 122 Å². The van der Waals surface area contributed by atoms with E-state index in [-0.39, 0.29) is 19.3 Å². The number of hydrogen-bond acceptors (Lipinski definition) is 10. The van der Waals surface area contributed by atoms with Gasteiger partial charge in [0.2, 0.25) is 0 Å². The first-order valence-corrected chi connectivity index (χ1v) is 22.2. The predicted octanol–water partition coefficient (Wildman–Crippen LogP) is 9.80. The molecule has 0 aromatic rings. The van der Waals surface area contributed by atoms with E-state index in [9.17, 15) is 28.9 Å². The molecule has 330 valence electrons. The fourth-order valence-corrected chi connectivity index (χ4v) is 5.35. The second kappa shape index (κ2) is 39.3. The van der Waals surface area contributed by atoms with Gasteiger partial charge in [-0.1, -0.05) is 135 Å². The van der Waals surface area contributed by atoms with Gasteiger partial charge in [0.1, 0.15) is 12.6 Å². The van der Waals surface area contributed by atoms with Crippen LogP contribution in [0.25, 0.3) is 0 Å². The third-order valence-electron chi connectivity index (χ3n) is 7.82. The standard InChI is InChI=1S/C46H70NO11P/c1-3-5-7-9-11-13-15-17-19-21-22-24-26-28-30-32-34-41(48)36-37-45(50)58-42(39-56-59(53,54)57-40-43(47)46(51)52)38-55-44(49)35-33-31-29-27-25-23-20-18-16-14-12-10-8-6-4-2/h5-8,11-14,17-20,22,24-25,27-28,30,32,34,41-43,48H,3-4,9-10,15-16,21,23,26,29,31,33,35-40,47H2,1-2H3,(H,51,52)(H,53,54)/b7-5-,8-6-,13-11-,14-12-,19-17-,20-18-,24-22-,27-25-,30-28-,34-32-/t41?,42-,43+/m1/s1. The SMILES string of the molecule is CC/C=C\C/C=C\C/C=C\C/C=C\C/C=C\C=C/C(O)CCC(=O)O[C@H](COC(=O)CCCC/C=C\C/C=C\C/C=C\C/C=C\CC)COP(=O)(O)OC[C@H](N)C(=O)O. The zero-order valence-electron chi connectivity index (χ0n) is 35.1. The third-order valence-corrected chi connectivity index (χ3v) is 8.77. The van der Waals surface area contributed by atoms with Crippen LogP contribution in [0.5, 0.6) is 0 Å². The first kappa shape index (κ1) is 54.8. The molecular formula is C46H70NO11P. The molecule has 0 rings (SSSR count). The van der Waals surface area contributed by atoms with Crippen molar-refractivity contribution in [3.8, 4) is 0 Å². The first-order valence-electron chi connectivity index (χ1n) is 20.7. The second-order valence-corrected chi connectivity index (χ2v) is 14.7. The molecule has 0 aliphatic carbocycles. The van der Waals surface area contributed by atoms with Crippen molar-refractivity contribution in [1.29, 1.82) is 0 Å².